The SMILES string of the molecule is CC(C)Nc1ccc2cc[nH]c2n1.CC(C)Nc1ccc2occc2n1.CC(C)Nc1nc2ccccn2n1.CC(C)Nc1ncc2c(n1)CCC2.CC(C)Nc1ncc2sccc2n1.COc1ccc2cc(NC(C)C)ncc2n1.Cc1cc2cccnc2c(NC(C)C)n1.Cc1nc(NC(C)C)nc2ccoc12. The highest BCUT2D eigenvalue weighted by molar-refractivity contribution is 7.17. The highest BCUT2D eigenvalue weighted by Gasteiger charge is 2.15. The third kappa shape index (κ3) is 25.6. The molecule has 0 unspecified atom stereocenters. The van der Waals surface area contributed by atoms with Crippen LogP contribution in [0.25, 0.3) is 70.9 Å². The van der Waals surface area contributed by atoms with Crippen LogP contribution >= 0.6 is 11.3 Å². The highest BCUT2D eigenvalue weighted by Crippen LogP contribution is 2.25. The minimum Gasteiger partial charge on any atom is -0.481 e. The van der Waals surface area contributed by atoms with Crippen molar-refractivity contribution in [3.63, 3.8) is 0 Å². The van der Waals surface area contributed by atoms with E-state index in [-0.39, 0.29) is 0 Å². The zero-order valence-corrected chi connectivity index (χ0v) is 67.4. The molecule has 28 heteroatoms. The summed E-state index contributed by atoms with van der Waals surface area (Å²) in [7, 11) is 1.61. The summed E-state index contributed by atoms with van der Waals surface area (Å²) in [5.74, 6) is 6.99. The average Bonchev–Trinajstić information content (AvgIpc) is 1.06. The van der Waals surface area contributed by atoms with Gasteiger partial charge in [0.25, 0.3) is 0 Å². The lowest BCUT2D eigenvalue weighted by atomic mass is 10.2. The fourth-order valence-electron chi connectivity index (χ4n) is 10.8. The molecule has 15 heterocycles. The minimum absolute atomic E-state index is 0.332. The molecule has 1 aliphatic rings. The molecule has 578 valence electrons. The van der Waals surface area contributed by atoms with Crippen molar-refractivity contribution in [1.82, 2.24) is 79.4 Å². The lowest BCUT2D eigenvalue weighted by Gasteiger charge is -2.11. The summed E-state index contributed by atoms with van der Waals surface area (Å²) in [5.41, 5.74) is 12.4. The Morgan fingerprint density at radius 2 is 1.12 bits per heavy atom. The summed E-state index contributed by atoms with van der Waals surface area (Å²) in [6.07, 6.45) is 17.9. The van der Waals surface area contributed by atoms with Gasteiger partial charge in [-0.3, -0.25) is 4.98 Å². The Bertz CT molecular complexity index is 5080. The van der Waals surface area contributed by atoms with Gasteiger partial charge in [-0.2, -0.15) is 4.98 Å². The van der Waals surface area contributed by atoms with Crippen LogP contribution in [0.15, 0.2) is 167 Å². The van der Waals surface area contributed by atoms with Crippen LogP contribution in [0.4, 0.5) is 47.1 Å². The number of rotatable bonds is 17. The van der Waals surface area contributed by atoms with E-state index < -0.39 is 0 Å². The normalized spacial score (nSPS) is 11.4. The number of nitrogens with zero attached hydrogens (tertiary/aromatic N) is 15. The molecule has 110 heavy (non-hydrogen) atoms. The Morgan fingerprint density at radius 3 is 1.84 bits per heavy atom. The smallest absolute Gasteiger partial charge is 0.243 e. The quantitative estimate of drug-likeness (QED) is 0.0409. The van der Waals surface area contributed by atoms with Gasteiger partial charge in [0.2, 0.25) is 29.7 Å². The van der Waals surface area contributed by atoms with Gasteiger partial charge in [-0.05, 0) is 228 Å². The summed E-state index contributed by atoms with van der Waals surface area (Å²) in [4.78, 5) is 59.5. The standard InChI is InChI=1S/C12H15N3O.C12H15N3.C10H13N3O.C10H13N3.C10H15N3.C10H12N2O.C9H12N4.C9H11N3S/c1-8(2)14-11-6-9-4-5-12(16-3)15-10(9)7-13-11;1-8(2)14-12-11-10(5-4-6-13-11)7-9(3)15-12;1-6(2)11-10-12-7(3)9-8(13-10)4-5-14-9;1-7(2)12-9-4-3-8-5-6-11-10(8)13-9;1-7(2)12-10-11-6-8-4-3-5-9(8)13-10;1-7(2)11-10-4-3-9-8(12-10)5-6-13-9;1-7(2)10-9-11-8-5-3-4-6-13(8)12-9;1-6(2)11-9-10-5-8-7(12-9)3-4-13-8/h4-8H,1-3H3,(H,13,14);4-8H,1-3H3,(H,14,15);4-6H,1-3H3,(H,11,12,13);3-7H,1-2H3,(H2,11,12,13);6-7H,3-5H2,1-2H3,(H,11,12,13);3-7H,1-2H3,(H,11,12);3-7H,1-2H3,(H,10,12);3-6H,1-2H3,(H,10,11,12). The second-order valence-corrected chi connectivity index (χ2v) is 29.3. The van der Waals surface area contributed by atoms with E-state index in [9.17, 15) is 0 Å². The molecule has 0 aromatic carbocycles. The summed E-state index contributed by atoms with van der Waals surface area (Å²) >= 11 is 1.66. The van der Waals surface area contributed by atoms with E-state index in [1.165, 1.54) is 17.7 Å². The van der Waals surface area contributed by atoms with Crippen molar-refractivity contribution in [1.29, 1.82) is 0 Å². The van der Waals surface area contributed by atoms with E-state index >= 15 is 0 Å². The van der Waals surface area contributed by atoms with Crippen LogP contribution in [0.1, 0.15) is 140 Å². The second kappa shape index (κ2) is 40.3. The number of H-pyrrole nitrogens is 1. The molecule has 0 atom stereocenters. The van der Waals surface area contributed by atoms with Gasteiger partial charge in [0.05, 0.1) is 53.5 Å². The maximum absolute atomic E-state index is 5.26. The minimum atomic E-state index is 0.332. The largest absolute Gasteiger partial charge is 0.481 e. The fourth-order valence-corrected chi connectivity index (χ4v) is 11.5. The fraction of sp³-hybridized carbons (Fsp3) is 0.366. The van der Waals surface area contributed by atoms with Crippen molar-refractivity contribution < 1.29 is 13.6 Å². The molecule has 0 bridgehead atoms. The van der Waals surface area contributed by atoms with Crippen molar-refractivity contribution in [2.45, 2.75) is 192 Å². The van der Waals surface area contributed by atoms with E-state index in [0.717, 1.165) is 124 Å². The van der Waals surface area contributed by atoms with Gasteiger partial charge in [0.1, 0.15) is 39.7 Å². The maximum Gasteiger partial charge on any atom is 0.243 e. The molecule has 0 radical (unpaired) electrons. The molecule has 9 N–H and O–H groups in total. The molecule has 0 amide bonds. The van der Waals surface area contributed by atoms with Crippen molar-refractivity contribution in [2.24, 2.45) is 0 Å². The summed E-state index contributed by atoms with van der Waals surface area (Å²) in [6.45, 7) is 37.2. The van der Waals surface area contributed by atoms with Gasteiger partial charge in [0, 0.05) is 119 Å². The summed E-state index contributed by atoms with van der Waals surface area (Å²) in [5, 5.41) is 35.4. The Hall–Kier alpha value is -11.9. The van der Waals surface area contributed by atoms with Crippen LogP contribution in [0.3, 0.4) is 0 Å². The zero-order valence-electron chi connectivity index (χ0n) is 66.6. The average molecular weight is 1510 g/mol. The molecule has 0 saturated heterocycles. The van der Waals surface area contributed by atoms with Crippen LogP contribution in [-0.2, 0) is 12.8 Å². The number of nitrogens with one attached hydrogen (secondary N) is 9. The number of aromatic amines is 1. The number of aryl methyl sites for hydroxylation is 4. The first-order valence-corrected chi connectivity index (χ1v) is 38.2. The van der Waals surface area contributed by atoms with Crippen molar-refractivity contribution in [3.8, 4) is 5.88 Å². The molecule has 0 saturated carbocycles. The van der Waals surface area contributed by atoms with Gasteiger partial charge in [0.15, 0.2) is 22.6 Å². The Labute approximate surface area is 647 Å². The number of pyridine rings is 7. The van der Waals surface area contributed by atoms with Gasteiger partial charge < -0.3 is 61.1 Å². The van der Waals surface area contributed by atoms with E-state index in [0.29, 0.717) is 72.1 Å². The number of furan rings is 2. The third-order valence-electron chi connectivity index (χ3n) is 15.3. The number of methoxy groups -OCH3 is 1. The predicted octanol–water partition coefficient (Wildman–Crippen LogP) is 18.4. The molecule has 0 fully saturated rings. The van der Waals surface area contributed by atoms with Crippen LogP contribution in [0.2, 0.25) is 0 Å². The first-order valence-electron chi connectivity index (χ1n) is 37.3. The number of hydrogen-bond donors (Lipinski definition) is 9. The molecule has 16 rings (SSSR count). The Morgan fingerprint density at radius 1 is 0.473 bits per heavy atom. The number of aromatic nitrogens is 16. The number of hydrogen-bond acceptors (Lipinski definition) is 26. The van der Waals surface area contributed by atoms with Gasteiger partial charge in [-0.25, -0.2) is 59.3 Å². The molecule has 0 aliphatic heterocycles. The molecule has 27 nitrogen and oxygen atoms in total. The number of anilines is 8. The highest BCUT2D eigenvalue weighted by atomic mass is 32.1. The predicted molar refractivity (Wildman–Crippen MR) is 452 cm³/mol. The van der Waals surface area contributed by atoms with Crippen molar-refractivity contribution >= 4 is 129 Å². The van der Waals surface area contributed by atoms with E-state index in [1.54, 1.807) is 47.9 Å². The zero-order chi connectivity index (χ0) is 78.8. The molecule has 15 aromatic rings. The van der Waals surface area contributed by atoms with E-state index in [1.807, 2.05) is 135 Å². The topological polar surface area (TPSA) is 332 Å². The van der Waals surface area contributed by atoms with E-state index in [2.05, 4.69) is 240 Å². The number of fused-ring (bicyclic) bond motifs is 8. The first-order chi connectivity index (χ1) is 52.8. The monoisotopic (exact) mass is 1510 g/mol. The van der Waals surface area contributed by atoms with Crippen molar-refractivity contribution in [2.75, 3.05) is 49.6 Å². The Balaban J connectivity index is 0.000000145. The van der Waals surface area contributed by atoms with Crippen LogP contribution < -0.4 is 47.3 Å². The lowest BCUT2D eigenvalue weighted by Crippen LogP contribution is -2.13. The summed E-state index contributed by atoms with van der Waals surface area (Å²) < 4.78 is 18.4. The second-order valence-electron chi connectivity index (χ2n) is 28.4. The Kier molecular flexibility index (Phi) is 30.1. The first kappa shape index (κ1) is 82.1. The molecule has 1 aliphatic carbocycles. The van der Waals surface area contributed by atoms with Crippen LogP contribution in [-0.4, -0.2) is 135 Å². The van der Waals surface area contributed by atoms with Gasteiger partial charge >= 0.3 is 0 Å². The van der Waals surface area contributed by atoms with Gasteiger partial charge in [-0.15, -0.1) is 16.4 Å². The molecule has 15 aromatic heterocycles. The summed E-state index contributed by atoms with van der Waals surface area (Å²) in [6, 6.07) is 36.3. The lowest BCUT2D eigenvalue weighted by molar-refractivity contribution is 0.399. The van der Waals surface area contributed by atoms with Crippen LogP contribution in [0, 0.1) is 13.8 Å². The number of ether oxygens (including phenoxy) is 1. The maximum atomic E-state index is 5.26. The van der Waals surface area contributed by atoms with Crippen LogP contribution in [0.5, 0.6) is 5.88 Å². The number of thiophene rings is 1. The third-order valence-corrected chi connectivity index (χ3v) is 16.2. The molecule has 0 spiro atoms. The van der Waals surface area contributed by atoms with E-state index in [4.69, 9.17) is 13.6 Å². The molecular formula is C82H106N24O3S. The van der Waals surface area contributed by atoms with Gasteiger partial charge in [-0.1, -0.05) is 12.1 Å². The van der Waals surface area contributed by atoms with Crippen molar-refractivity contribution in [3.05, 3.63) is 181 Å². The molecular weight excluding hydrogens is 1400 g/mol.